The van der Waals surface area contributed by atoms with Crippen LogP contribution in [-0.2, 0) is 0 Å². The Balaban J connectivity index is 1.98. The molecule has 128 valence electrons. The predicted molar refractivity (Wildman–Crippen MR) is 90.3 cm³/mol. The van der Waals surface area contributed by atoms with Crippen LogP contribution in [0.3, 0.4) is 0 Å². The molecule has 6 N–H and O–H groups in total. The van der Waals surface area contributed by atoms with Crippen molar-refractivity contribution >= 4 is 11.7 Å². The molecule has 6 nitrogen and oxygen atoms in total. The highest BCUT2D eigenvalue weighted by Gasteiger charge is 2.27. The maximum Gasteiger partial charge on any atom is 0.316 e. The maximum atomic E-state index is 11.0. The van der Waals surface area contributed by atoms with Crippen molar-refractivity contribution in [1.82, 2.24) is 5.32 Å². The van der Waals surface area contributed by atoms with Crippen LogP contribution in [0.5, 0.6) is 5.75 Å². The summed E-state index contributed by atoms with van der Waals surface area (Å²) in [7, 11) is 0. The average Bonchev–Trinajstić information content (AvgIpc) is 2.54. The number of piperidine rings is 1. The third-order valence-corrected chi connectivity index (χ3v) is 4.52. The molecule has 1 saturated heterocycles. The van der Waals surface area contributed by atoms with Gasteiger partial charge in [-0.3, -0.25) is 0 Å². The predicted octanol–water partition coefficient (Wildman–Crippen LogP) is 2.47. The molecular weight excluding hydrogens is 294 g/mol. The standard InChI is InChI=1S/C17H27N3O3/c1-2-3-4-11-5-7-13(19-10-11)16(22)12-6-8-15(21)14(9-12)20-17(18)23/h6,8-9,11,13,16,19,21-22H,2-5,7,10H2,1H3,(H3,18,20,23). The van der Waals surface area contributed by atoms with Crippen molar-refractivity contribution in [2.24, 2.45) is 11.7 Å². The third-order valence-electron chi connectivity index (χ3n) is 4.52. The Morgan fingerprint density at radius 1 is 1.48 bits per heavy atom. The molecule has 0 aliphatic carbocycles. The van der Waals surface area contributed by atoms with Gasteiger partial charge < -0.3 is 26.6 Å². The van der Waals surface area contributed by atoms with Gasteiger partial charge in [0.2, 0.25) is 0 Å². The fourth-order valence-electron chi connectivity index (χ4n) is 3.15. The van der Waals surface area contributed by atoms with Gasteiger partial charge in [0.05, 0.1) is 11.8 Å². The van der Waals surface area contributed by atoms with Crippen molar-refractivity contribution in [3.8, 4) is 5.75 Å². The number of hydrogen-bond acceptors (Lipinski definition) is 4. The highest BCUT2D eigenvalue weighted by atomic mass is 16.3. The summed E-state index contributed by atoms with van der Waals surface area (Å²) in [5, 5.41) is 26.1. The second kappa shape index (κ2) is 8.17. The first kappa shape index (κ1) is 17.6. The molecule has 2 rings (SSSR count). The summed E-state index contributed by atoms with van der Waals surface area (Å²) in [6.45, 7) is 3.12. The molecule has 1 heterocycles. The molecule has 0 spiro atoms. The summed E-state index contributed by atoms with van der Waals surface area (Å²) >= 11 is 0. The Hall–Kier alpha value is -1.79. The zero-order chi connectivity index (χ0) is 16.8. The topological polar surface area (TPSA) is 108 Å². The average molecular weight is 321 g/mol. The number of aliphatic hydroxyl groups excluding tert-OH is 1. The van der Waals surface area contributed by atoms with Gasteiger partial charge in [0.1, 0.15) is 5.75 Å². The van der Waals surface area contributed by atoms with Crippen LogP contribution in [-0.4, -0.2) is 28.8 Å². The minimum Gasteiger partial charge on any atom is -0.506 e. The number of aliphatic hydroxyl groups is 1. The van der Waals surface area contributed by atoms with E-state index < -0.39 is 12.1 Å². The van der Waals surface area contributed by atoms with E-state index in [0.29, 0.717) is 11.5 Å². The largest absolute Gasteiger partial charge is 0.506 e. The number of rotatable bonds is 6. The van der Waals surface area contributed by atoms with Gasteiger partial charge in [-0.1, -0.05) is 25.8 Å². The van der Waals surface area contributed by atoms with Gasteiger partial charge in [-0.05, 0) is 49.4 Å². The molecule has 6 heteroatoms. The lowest BCUT2D eigenvalue weighted by Gasteiger charge is -2.33. The number of unbranched alkanes of at least 4 members (excludes halogenated alkanes) is 1. The van der Waals surface area contributed by atoms with E-state index in [1.54, 1.807) is 12.1 Å². The third kappa shape index (κ3) is 4.84. The Labute approximate surface area is 137 Å². The second-order valence-corrected chi connectivity index (χ2v) is 6.31. The summed E-state index contributed by atoms with van der Waals surface area (Å²) in [6.07, 6.45) is 5.04. The monoisotopic (exact) mass is 321 g/mol. The summed E-state index contributed by atoms with van der Waals surface area (Å²) in [5.74, 6) is 0.612. The van der Waals surface area contributed by atoms with Gasteiger partial charge in [-0.15, -0.1) is 0 Å². The van der Waals surface area contributed by atoms with E-state index in [1.165, 1.54) is 25.3 Å². The van der Waals surface area contributed by atoms with Gasteiger partial charge in [0.15, 0.2) is 0 Å². The number of urea groups is 1. The van der Waals surface area contributed by atoms with Crippen LogP contribution in [0.25, 0.3) is 0 Å². The number of carbonyl (C=O) groups excluding carboxylic acids is 1. The van der Waals surface area contributed by atoms with Gasteiger partial charge >= 0.3 is 6.03 Å². The number of phenols is 1. The lowest BCUT2D eigenvalue weighted by Crippen LogP contribution is -2.42. The molecular formula is C17H27N3O3. The number of benzene rings is 1. The molecule has 1 aromatic rings. The Morgan fingerprint density at radius 3 is 2.87 bits per heavy atom. The van der Waals surface area contributed by atoms with E-state index in [9.17, 15) is 15.0 Å². The summed E-state index contributed by atoms with van der Waals surface area (Å²) in [4.78, 5) is 11.0. The van der Waals surface area contributed by atoms with Crippen LogP contribution < -0.4 is 16.4 Å². The first-order valence-electron chi connectivity index (χ1n) is 8.32. The molecule has 3 unspecified atom stereocenters. The van der Waals surface area contributed by atoms with Crippen molar-refractivity contribution in [3.05, 3.63) is 23.8 Å². The molecule has 1 aliphatic rings. The first-order valence-corrected chi connectivity index (χ1v) is 8.32. The molecule has 2 amide bonds. The number of carbonyl (C=O) groups is 1. The number of primary amides is 1. The number of nitrogens with two attached hydrogens (primary N) is 1. The zero-order valence-electron chi connectivity index (χ0n) is 13.6. The summed E-state index contributed by atoms with van der Waals surface area (Å²) in [6, 6.07) is 3.92. The number of aromatic hydroxyl groups is 1. The highest BCUT2D eigenvalue weighted by molar-refractivity contribution is 5.89. The van der Waals surface area contributed by atoms with E-state index >= 15 is 0 Å². The maximum absolute atomic E-state index is 11.0. The van der Waals surface area contributed by atoms with Crippen molar-refractivity contribution in [2.45, 2.75) is 51.2 Å². The van der Waals surface area contributed by atoms with Gasteiger partial charge in [0.25, 0.3) is 0 Å². The quantitative estimate of drug-likeness (QED) is 0.519. The molecule has 23 heavy (non-hydrogen) atoms. The molecule has 1 fully saturated rings. The molecule has 0 aromatic heterocycles. The number of nitrogens with one attached hydrogen (secondary N) is 2. The van der Waals surface area contributed by atoms with Crippen molar-refractivity contribution in [2.75, 3.05) is 11.9 Å². The van der Waals surface area contributed by atoms with Crippen LogP contribution in [0.2, 0.25) is 0 Å². The number of phenolic OH excluding ortho intramolecular Hbond substituents is 1. The van der Waals surface area contributed by atoms with Crippen LogP contribution in [0.15, 0.2) is 18.2 Å². The van der Waals surface area contributed by atoms with E-state index in [2.05, 4.69) is 17.6 Å². The summed E-state index contributed by atoms with van der Waals surface area (Å²) < 4.78 is 0. The van der Waals surface area contributed by atoms with Crippen molar-refractivity contribution in [3.63, 3.8) is 0 Å². The SMILES string of the molecule is CCCCC1CCC(C(O)c2ccc(O)c(NC(N)=O)c2)NC1. The van der Waals surface area contributed by atoms with E-state index in [1.807, 2.05) is 0 Å². The van der Waals surface area contributed by atoms with Crippen LogP contribution in [0.1, 0.15) is 50.7 Å². The molecule has 1 aromatic carbocycles. The molecule has 0 radical (unpaired) electrons. The van der Waals surface area contributed by atoms with E-state index in [-0.39, 0.29) is 17.5 Å². The summed E-state index contributed by atoms with van der Waals surface area (Å²) in [5.41, 5.74) is 5.94. The lowest BCUT2D eigenvalue weighted by atomic mass is 9.87. The molecule has 0 bridgehead atoms. The Bertz CT molecular complexity index is 528. The van der Waals surface area contributed by atoms with Gasteiger partial charge in [-0.2, -0.15) is 0 Å². The van der Waals surface area contributed by atoms with E-state index in [4.69, 9.17) is 5.73 Å². The number of anilines is 1. The van der Waals surface area contributed by atoms with Gasteiger partial charge in [-0.25, -0.2) is 4.79 Å². The molecule has 1 aliphatic heterocycles. The van der Waals surface area contributed by atoms with Crippen LogP contribution in [0, 0.1) is 5.92 Å². The van der Waals surface area contributed by atoms with Crippen molar-refractivity contribution in [1.29, 1.82) is 0 Å². The lowest BCUT2D eigenvalue weighted by molar-refractivity contribution is 0.102. The Morgan fingerprint density at radius 2 is 2.26 bits per heavy atom. The minimum absolute atomic E-state index is 0.0150. The van der Waals surface area contributed by atoms with Crippen LogP contribution >= 0.6 is 0 Å². The fourth-order valence-corrected chi connectivity index (χ4v) is 3.15. The highest BCUT2D eigenvalue weighted by Crippen LogP contribution is 2.31. The first-order chi connectivity index (χ1) is 11.0. The second-order valence-electron chi connectivity index (χ2n) is 6.31. The number of hydrogen-bond donors (Lipinski definition) is 5. The Kier molecular flexibility index (Phi) is 6.24. The fraction of sp³-hybridized carbons (Fsp3) is 0.588. The van der Waals surface area contributed by atoms with Crippen molar-refractivity contribution < 1.29 is 15.0 Å². The minimum atomic E-state index is -0.749. The zero-order valence-corrected chi connectivity index (χ0v) is 13.6. The van der Waals surface area contributed by atoms with Crippen LogP contribution in [0.4, 0.5) is 10.5 Å². The van der Waals surface area contributed by atoms with Gasteiger partial charge in [0, 0.05) is 6.04 Å². The molecule has 0 saturated carbocycles. The smallest absolute Gasteiger partial charge is 0.316 e. The van der Waals surface area contributed by atoms with E-state index in [0.717, 1.165) is 19.4 Å². The molecule has 3 atom stereocenters. The number of amides is 2. The normalized spacial score (nSPS) is 22.5.